The van der Waals surface area contributed by atoms with Crippen LogP contribution in [-0.4, -0.2) is 92.1 Å². The van der Waals surface area contributed by atoms with Crippen molar-refractivity contribution < 1.29 is 28.7 Å². The number of likely N-dealkylation sites (tertiary alicyclic amines) is 2. The largest absolute Gasteiger partial charge is 0.453 e. The van der Waals surface area contributed by atoms with Gasteiger partial charge in [0, 0.05) is 12.1 Å². The van der Waals surface area contributed by atoms with E-state index in [1.165, 1.54) is 30.9 Å². The highest BCUT2D eigenvalue weighted by molar-refractivity contribution is 5.90. The Kier molecular flexibility index (Phi) is 13.6. The zero-order chi connectivity index (χ0) is 51.4. The summed E-state index contributed by atoms with van der Waals surface area (Å²) in [5.74, 6) is 1.98. The smallest absolute Gasteiger partial charge is 0.407 e. The van der Waals surface area contributed by atoms with Gasteiger partial charge < -0.3 is 39.9 Å². The fourth-order valence-electron chi connectivity index (χ4n) is 13.3. The maximum absolute atomic E-state index is 14.5. The van der Waals surface area contributed by atoms with Crippen molar-refractivity contribution in [3.8, 4) is 22.3 Å². The zero-order valence-corrected chi connectivity index (χ0v) is 43.6. The van der Waals surface area contributed by atoms with Crippen molar-refractivity contribution in [3.05, 3.63) is 107 Å². The SMILES string of the molecule is COC(=O)N[C@H](C(=O)N1[C@H](c2nc3ccc(-c4cc5ccc4/C=C\c4ccc(c(-c6ccc7nc([C@@H]8C[C@@H]9CCCC[C@@H]9N8C(=O)[C@@H](NC(=O)OC)C(C)C)[nH]c7c6)c4)CC5)cc3[nH]2)C[C@@H]2CCCC[C@@H]21)C(C)C. The number of carbonyl (C=O) groups is 4. The molecule has 0 spiro atoms. The number of benzene rings is 4. The molecule has 2 aliphatic heterocycles. The van der Waals surface area contributed by atoms with E-state index in [-0.39, 0.29) is 47.8 Å². The number of fused-ring (bicyclic) bond motifs is 4. The molecule has 6 aromatic rings. The average Bonchev–Trinajstić information content (AvgIpc) is 4.21. The van der Waals surface area contributed by atoms with Crippen LogP contribution < -0.4 is 10.6 Å². The van der Waals surface area contributed by atoms with Gasteiger partial charge in [0.05, 0.1) is 48.4 Å². The molecule has 386 valence electrons. The number of aryl methyl sites for hydroxylation is 2. The van der Waals surface area contributed by atoms with Crippen molar-refractivity contribution in [3.63, 3.8) is 0 Å². The molecule has 0 radical (unpaired) electrons. The van der Waals surface area contributed by atoms with Crippen molar-refractivity contribution in [2.24, 2.45) is 23.7 Å². The van der Waals surface area contributed by atoms with E-state index in [0.29, 0.717) is 11.8 Å². The van der Waals surface area contributed by atoms with Gasteiger partial charge in [-0.1, -0.05) is 108 Å². The molecule has 8 aliphatic rings. The van der Waals surface area contributed by atoms with Gasteiger partial charge in [0.2, 0.25) is 11.8 Å². The van der Waals surface area contributed by atoms with Crippen molar-refractivity contribution >= 4 is 58.2 Å². The van der Waals surface area contributed by atoms with Crippen LogP contribution in [0.4, 0.5) is 9.59 Å². The van der Waals surface area contributed by atoms with Crippen LogP contribution in [0.3, 0.4) is 0 Å². The Hall–Kier alpha value is -6.96. The van der Waals surface area contributed by atoms with E-state index < -0.39 is 24.3 Å². The van der Waals surface area contributed by atoms with Crippen molar-refractivity contribution in [2.45, 2.75) is 141 Å². The van der Waals surface area contributed by atoms with Crippen LogP contribution in [0.1, 0.15) is 138 Å². The van der Waals surface area contributed by atoms with E-state index >= 15 is 0 Å². The topological polar surface area (TPSA) is 175 Å². The summed E-state index contributed by atoms with van der Waals surface area (Å²) in [6, 6.07) is 24.8. The van der Waals surface area contributed by atoms with E-state index in [0.717, 1.165) is 139 Å². The molecule has 4 bridgehead atoms. The number of H-pyrrole nitrogens is 2. The molecule has 4 fully saturated rings. The molecule has 4 aromatic carbocycles. The second-order valence-corrected chi connectivity index (χ2v) is 22.3. The van der Waals surface area contributed by atoms with Gasteiger partial charge in [0.1, 0.15) is 23.7 Å². The summed E-state index contributed by atoms with van der Waals surface area (Å²) in [5, 5.41) is 5.67. The highest BCUT2D eigenvalue weighted by Crippen LogP contribution is 2.48. The summed E-state index contributed by atoms with van der Waals surface area (Å²) < 4.78 is 9.86. The van der Waals surface area contributed by atoms with Crippen LogP contribution in [-0.2, 0) is 31.9 Å². The van der Waals surface area contributed by atoms with Crippen LogP contribution in [0.2, 0.25) is 0 Å². The Morgan fingerprint density at radius 3 is 1.65 bits per heavy atom. The number of nitrogens with one attached hydrogen (secondary N) is 4. The lowest BCUT2D eigenvalue weighted by Crippen LogP contribution is -2.53. The highest BCUT2D eigenvalue weighted by Gasteiger charge is 2.50. The fourth-order valence-corrected chi connectivity index (χ4v) is 13.3. The van der Waals surface area contributed by atoms with Crippen molar-refractivity contribution in [1.82, 2.24) is 40.4 Å². The minimum atomic E-state index is -0.701. The van der Waals surface area contributed by atoms with Crippen LogP contribution in [0.5, 0.6) is 0 Å². The molecule has 14 nitrogen and oxygen atoms in total. The van der Waals surface area contributed by atoms with Crippen LogP contribution in [0.15, 0.2) is 72.8 Å². The van der Waals surface area contributed by atoms with Gasteiger partial charge in [0.15, 0.2) is 0 Å². The third-order valence-electron chi connectivity index (χ3n) is 17.1. The number of hydrogen-bond acceptors (Lipinski definition) is 8. The molecule has 6 aliphatic carbocycles. The van der Waals surface area contributed by atoms with Crippen molar-refractivity contribution in [1.29, 1.82) is 0 Å². The Balaban J connectivity index is 0.868. The number of rotatable bonds is 10. The molecular weight excluding hydrogens is 929 g/mol. The molecule has 4 amide bonds. The van der Waals surface area contributed by atoms with Gasteiger partial charge in [-0.25, -0.2) is 19.6 Å². The Labute approximate surface area is 433 Å². The van der Waals surface area contributed by atoms with Gasteiger partial charge in [-0.2, -0.15) is 0 Å². The number of methoxy groups -OCH3 is 2. The predicted octanol–water partition coefficient (Wildman–Crippen LogP) is 11.5. The summed E-state index contributed by atoms with van der Waals surface area (Å²) in [6.07, 6.45) is 15.1. The normalized spacial score (nSPS) is 23.6. The lowest BCUT2D eigenvalue weighted by atomic mass is 9.84. The molecule has 2 saturated heterocycles. The predicted molar refractivity (Wildman–Crippen MR) is 288 cm³/mol. The summed E-state index contributed by atoms with van der Waals surface area (Å²) in [6.45, 7) is 7.84. The monoisotopic (exact) mass is 999 g/mol. The first-order valence-electron chi connectivity index (χ1n) is 27.1. The van der Waals surface area contributed by atoms with Gasteiger partial charge in [0.25, 0.3) is 0 Å². The third-order valence-corrected chi connectivity index (χ3v) is 17.1. The number of hydrogen-bond donors (Lipinski definition) is 4. The molecule has 74 heavy (non-hydrogen) atoms. The lowest BCUT2D eigenvalue weighted by Gasteiger charge is -2.36. The molecule has 2 aromatic heterocycles. The third kappa shape index (κ3) is 9.33. The number of nitrogens with zero attached hydrogens (tertiary/aromatic N) is 4. The fraction of sp³-hybridized carbons (Fsp3) is 0.467. The lowest BCUT2D eigenvalue weighted by molar-refractivity contribution is -0.139. The summed E-state index contributed by atoms with van der Waals surface area (Å²) in [7, 11) is 2.66. The van der Waals surface area contributed by atoms with E-state index in [4.69, 9.17) is 19.4 Å². The zero-order valence-electron chi connectivity index (χ0n) is 43.6. The van der Waals surface area contributed by atoms with Gasteiger partial charge in [-0.05, 0) is 150 Å². The number of ether oxygens (including phenoxy) is 2. The first-order chi connectivity index (χ1) is 35.8. The molecule has 4 N–H and O–H groups in total. The molecule has 14 rings (SSSR count). The molecule has 8 atom stereocenters. The number of imidazole rings is 2. The number of carbonyl (C=O) groups excluding carboxylic acids is 4. The molecular formula is C60H70N8O6. The minimum absolute atomic E-state index is 0.0735. The summed E-state index contributed by atoms with van der Waals surface area (Å²) >= 11 is 0. The molecule has 14 heteroatoms. The van der Waals surface area contributed by atoms with Gasteiger partial charge >= 0.3 is 12.2 Å². The first-order valence-corrected chi connectivity index (χ1v) is 27.1. The van der Waals surface area contributed by atoms with E-state index in [9.17, 15) is 19.2 Å². The Morgan fingerprint density at radius 2 is 1.12 bits per heavy atom. The maximum Gasteiger partial charge on any atom is 0.407 e. The number of aromatic amines is 2. The van der Waals surface area contributed by atoms with E-state index in [2.05, 4.69) is 106 Å². The van der Waals surface area contributed by atoms with Crippen LogP contribution >= 0.6 is 0 Å². The maximum atomic E-state index is 14.5. The van der Waals surface area contributed by atoms with E-state index in [1.807, 2.05) is 37.5 Å². The second kappa shape index (κ2) is 20.4. The van der Waals surface area contributed by atoms with Crippen LogP contribution in [0.25, 0.3) is 56.5 Å². The molecule has 4 heterocycles. The number of aromatic nitrogens is 4. The summed E-state index contributed by atoms with van der Waals surface area (Å²) in [4.78, 5) is 75.6. The minimum Gasteiger partial charge on any atom is -0.453 e. The van der Waals surface area contributed by atoms with Gasteiger partial charge in [-0.3, -0.25) is 9.59 Å². The Bertz CT molecular complexity index is 3150. The van der Waals surface area contributed by atoms with Crippen LogP contribution in [0, 0.1) is 23.7 Å². The summed E-state index contributed by atoms with van der Waals surface area (Å²) in [5.41, 5.74) is 12.8. The highest BCUT2D eigenvalue weighted by atomic mass is 16.5. The number of amides is 4. The average molecular weight is 999 g/mol. The molecule has 2 saturated carbocycles. The van der Waals surface area contributed by atoms with E-state index in [1.54, 1.807) is 0 Å². The molecule has 0 unspecified atom stereocenters. The Morgan fingerprint density at radius 1 is 0.595 bits per heavy atom. The quantitative estimate of drug-likeness (QED) is 0.105. The van der Waals surface area contributed by atoms with Gasteiger partial charge in [-0.15, -0.1) is 0 Å². The van der Waals surface area contributed by atoms with Crippen molar-refractivity contribution in [2.75, 3.05) is 14.2 Å². The first kappa shape index (κ1) is 49.3. The second-order valence-electron chi connectivity index (χ2n) is 22.3. The number of alkyl carbamates (subject to hydrolysis) is 2. The standard InChI is InChI=1S/C60H70N8O6/c1-33(2)53(65-59(71)73-5)57(69)67-49-13-9-7-11-41(49)31-51(67)55-61-45-25-23-39(29-47(45)63-55)43-27-35-15-19-37(43)21-17-36-16-20-38(22-18-35)44(28-36)40-24-26-46-48(30-40)64-56(62-46)52-32-42-12-8-10-14-50(42)68(52)58(70)54(34(3)4)66-60(72)74-6/h15-17,19-21,23-30,33-34,41-42,49-54H,7-14,18,22,31-32H2,1-6H3,(H,61,63)(H,62,64)(H,65,71)(H,66,72)/b21-17-/t41-,42-,49-,50-,51-,52-,53-,54-/m0/s1.